The highest BCUT2D eigenvalue weighted by molar-refractivity contribution is 5.98. The van der Waals surface area contributed by atoms with E-state index in [0.717, 1.165) is 26.1 Å². The zero-order chi connectivity index (χ0) is 13.8. The fourth-order valence-electron chi connectivity index (χ4n) is 2.33. The van der Waals surface area contributed by atoms with Crippen LogP contribution in [0.3, 0.4) is 0 Å². The van der Waals surface area contributed by atoms with E-state index in [0.29, 0.717) is 18.0 Å². The van der Waals surface area contributed by atoms with E-state index in [-0.39, 0.29) is 11.6 Å². The molecule has 1 heterocycles. The van der Waals surface area contributed by atoms with Crippen LogP contribution in [0.25, 0.3) is 0 Å². The van der Waals surface area contributed by atoms with E-state index in [1.165, 1.54) is 18.2 Å². The second-order valence-corrected chi connectivity index (χ2v) is 4.97. The predicted molar refractivity (Wildman–Crippen MR) is 71.3 cm³/mol. The molecule has 19 heavy (non-hydrogen) atoms. The summed E-state index contributed by atoms with van der Waals surface area (Å²) in [5, 5.41) is 0. The Balaban J connectivity index is 2.01. The highest BCUT2D eigenvalue weighted by Crippen LogP contribution is 2.19. The minimum absolute atomic E-state index is 0.163. The number of hydrogen-bond donors (Lipinski definition) is 1. The summed E-state index contributed by atoms with van der Waals surface area (Å²) in [5.74, 6) is -0.130. The molecule has 0 aliphatic carbocycles. The Morgan fingerprint density at radius 2 is 2.16 bits per heavy atom. The van der Waals surface area contributed by atoms with Gasteiger partial charge in [0.25, 0.3) is 5.91 Å². The number of rotatable bonds is 3. The SMILES string of the molecule is CN(CC1CCOCC1)C(=O)c1ccc(F)cc1N. The third-order valence-corrected chi connectivity index (χ3v) is 3.46. The van der Waals surface area contributed by atoms with Crippen LogP contribution in [0.15, 0.2) is 18.2 Å². The number of halogens is 1. The number of benzene rings is 1. The van der Waals surface area contributed by atoms with Crippen molar-refractivity contribution in [3.63, 3.8) is 0 Å². The first-order valence-corrected chi connectivity index (χ1v) is 6.46. The van der Waals surface area contributed by atoms with Crippen molar-refractivity contribution in [2.75, 3.05) is 32.5 Å². The molecule has 1 aliphatic heterocycles. The third kappa shape index (κ3) is 3.44. The van der Waals surface area contributed by atoms with Crippen LogP contribution < -0.4 is 5.73 Å². The summed E-state index contributed by atoms with van der Waals surface area (Å²) in [7, 11) is 1.75. The van der Waals surface area contributed by atoms with Crippen LogP contribution in [-0.4, -0.2) is 37.6 Å². The average Bonchev–Trinajstić information content (AvgIpc) is 2.39. The summed E-state index contributed by atoms with van der Waals surface area (Å²) in [6.07, 6.45) is 1.94. The van der Waals surface area contributed by atoms with E-state index in [1.54, 1.807) is 11.9 Å². The Bertz CT molecular complexity index is 459. The quantitative estimate of drug-likeness (QED) is 0.850. The van der Waals surface area contributed by atoms with Crippen LogP contribution in [0.5, 0.6) is 0 Å². The molecule has 0 aromatic heterocycles. The lowest BCUT2D eigenvalue weighted by Crippen LogP contribution is -2.34. The lowest BCUT2D eigenvalue weighted by atomic mass is 9.99. The van der Waals surface area contributed by atoms with Gasteiger partial charge in [-0.25, -0.2) is 4.39 Å². The Morgan fingerprint density at radius 1 is 1.47 bits per heavy atom. The molecule has 0 bridgehead atoms. The Kier molecular flexibility index (Phi) is 4.37. The maximum absolute atomic E-state index is 13.0. The molecule has 0 spiro atoms. The molecule has 1 amide bonds. The normalized spacial score (nSPS) is 16.3. The largest absolute Gasteiger partial charge is 0.398 e. The van der Waals surface area contributed by atoms with E-state index in [9.17, 15) is 9.18 Å². The zero-order valence-electron chi connectivity index (χ0n) is 11.1. The molecule has 2 rings (SSSR count). The number of carbonyl (C=O) groups is 1. The zero-order valence-corrected chi connectivity index (χ0v) is 11.1. The summed E-state index contributed by atoms with van der Waals surface area (Å²) in [6.45, 7) is 2.19. The molecule has 104 valence electrons. The topological polar surface area (TPSA) is 55.6 Å². The van der Waals surface area contributed by atoms with Gasteiger partial charge >= 0.3 is 0 Å². The third-order valence-electron chi connectivity index (χ3n) is 3.46. The monoisotopic (exact) mass is 266 g/mol. The van der Waals surface area contributed by atoms with Crippen molar-refractivity contribution >= 4 is 11.6 Å². The van der Waals surface area contributed by atoms with Gasteiger partial charge in [-0.05, 0) is 37.0 Å². The minimum Gasteiger partial charge on any atom is -0.398 e. The van der Waals surface area contributed by atoms with Gasteiger partial charge in [0.05, 0.1) is 5.56 Å². The number of nitrogen functional groups attached to an aromatic ring is 1. The van der Waals surface area contributed by atoms with Crippen molar-refractivity contribution in [1.82, 2.24) is 4.90 Å². The maximum atomic E-state index is 13.0. The molecule has 0 radical (unpaired) electrons. The number of nitrogens with zero attached hydrogens (tertiary/aromatic N) is 1. The number of amides is 1. The van der Waals surface area contributed by atoms with Gasteiger partial charge in [0.2, 0.25) is 0 Å². The van der Waals surface area contributed by atoms with Crippen LogP contribution in [0.1, 0.15) is 23.2 Å². The fourth-order valence-corrected chi connectivity index (χ4v) is 2.33. The standard InChI is InChI=1S/C14H19FN2O2/c1-17(9-10-4-6-19-7-5-10)14(18)12-3-2-11(15)8-13(12)16/h2-3,8,10H,4-7,9,16H2,1H3. The molecule has 0 atom stereocenters. The van der Waals surface area contributed by atoms with Crippen LogP contribution in [-0.2, 0) is 4.74 Å². The van der Waals surface area contributed by atoms with Gasteiger partial charge in [-0.1, -0.05) is 0 Å². The molecule has 5 heteroatoms. The molecule has 1 aromatic carbocycles. The molecule has 1 fully saturated rings. The van der Waals surface area contributed by atoms with Crippen molar-refractivity contribution < 1.29 is 13.9 Å². The van der Waals surface area contributed by atoms with Crippen molar-refractivity contribution in [2.24, 2.45) is 5.92 Å². The smallest absolute Gasteiger partial charge is 0.255 e. The van der Waals surface area contributed by atoms with E-state index in [4.69, 9.17) is 10.5 Å². The molecule has 0 unspecified atom stereocenters. The van der Waals surface area contributed by atoms with Gasteiger partial charge in [-0.15, -0.1) is 0 Å². The Morgan fingerprint density at radius 3 is 2.79 bits per heavy atom. The number of carbonyl (C=O) groups excluding carboxylic acids is 1. The summed E-state index contributed by atoms with van der Waals surface area (Å²) in [4.78, 5) is 13.9. The van der Waals surface area contributed by atoms with Gasteiger partial charge in [0, 0.05) is 32.5 Å². The van der Waals surface area contributed by atoms with Gasteiger partial charge < -0.3 is 15.4 Å². The number of ether oxygens (including phenoxy) is 1. The van der Waals surface area contributed by atoms with E-state index in [2.05, 4.69) is 0 Å². The van der Waals surface area contributed by atoms with E-state index >= 15 is 0 Å². The van der Waals surface area contributed by atoms with Crippen molar-refractivity contribution in [3.05, 3.63) is 29.6 Å². The molecule has 4 nitrogen and oxygen atoms in total. The first-order valence-electron chi connectivity index (χ1n) is 6.46. The number of nitrogens with two attached hydrogens (primary N) is 1. The van der Waals surface area contributed by atoms with Gasteiger partial charge in [-0.2, -0.15) is 0 Å². The van der Waals surface area contributed by atoms with Crippen LogP contribution >= 0.6 is 0 Å². The summed E-state index contributed by atoms with van der Waals surface area (Å²) in [5.41, 5.74) is 6.23. The van der Waals surface area contributed by atoms with E-state index in [1.807, 2.05) is 0 Å². The van der Waals surface area contributed by atoms with Gasteiger partial charge in [-0.3, -0.25) is 4.79 Å². The predicted octanol–water partition coefficient (Wildman–Crippen LogP) is 1.91. The van der Waals surface area contributed by atoms with Crippen LogP contribution in [0.4, 0.5) is 10.1 Å². The molecule has 1 aliphatic rings. The van der Waals surface area contributed by atoms with Crippen LogP contribution in [0, 0.1) is 11.7 Å². The fraction of sp³-hybridized carbons (Fsp3) is 0.500. The van der Waals surface area contributed by atoms with Crippen molar-refractivity contribution in [3.8, 4) is 0 Å². The summed E-state index contributed by atoms with van der Waals surface area (Å²) in [6, 6.07) is 3.87. The molecular formula is C14H19FN2O2. The van der Waals surface area contributed by atoms with Crippen molar-refractivity contribution in [1.29, 1.82) is 0 Å². The lowest BCUT2D eigenvalue weighted by molar-refractivity contribution is 0.0497. The second kappa shape index (κ2) is 6.02. The Hall–Kier alpha value is -1.62. The first-order chi connectivity index (χ1) is 9.08. The van der Waals surface area contributed by atoms with Crippen LogP contribution in [0.2, 0.25) is 0 Å². The maximum Gasteiger partial charge on any atom is 0.255 e. The highest BCUT2D eigenvalue weighted by atomic mass is 19.1. The highest BCUT2D eigenvalue weighted by Gasteiger charge is 2.20. The van der Waals surface area contributed by atoms with Crippen molar-refractivity contribution in [2.45, 2.75) is 12.8 Å². The molecule has 2 N–H and O–H groups in total. The number of anilines is 1. The molecule has 0 saturated carbocycles. The summed E-state index contributed by atoms with van der Waals surface area (Å²) >= 11 is 0. The Labute approximate surface area is 112 Å². The first kappa shape index (κ1) is 13.8. The molecule has 1 saturated heterocycles. The molecule has 1 aromatic rings. The minimum atomic E-state index is -0.430. The molecular weight excluding hydrogens is 247 g/mol. The van der Waals surface area contributed by atoms with Gasteiger partial charge in [0.1, 0.15) is 5.82 Å². The second-order valence-electron chi connectivity index (χ2n) is 4.97. The lowest BCUT2D eigenvalue weighted by Gasteiger charge is -2.27. The summed E-state index contributed by atoms with van der Waals surface area (Å²) < 4.78 is 18.3. The van der Waals surface area contributed by atoms with E-state index < -0.39 is 5.82 Å². The van der Waals surface area contributed by atoms with Gasteiger partial charge in [0.15, 0.2) is 0 Å². The number of hydrogen-bond acceptors (Lipinski definition) is 3. The average molecular weight is 266 g/mol.